The van der Waals surface area contributed by atoms with Gasteiger partial charge in [-0.2, -0.15) is 9.61 Å². The van der Waals surface area contributed by atoms with Crippen molar-refractivity contribution in [3.05, 3.63) is 28.2 Å². The summed E-state index contributed by atoms with van der Waals surface area (Å²) in [6.07, 6.45) is 0. The molecule has 17 heavy (non-hydrogen) atoms. The van der Waals surface area contributed by atoms with Crippen LogP contribution in [-0.2, 0) is 4.79 Å². The van der Waals surface area contributed by atoms with E-state index in [4.69, 9.17) is 5.11 Å². The third kappa shape index (κ3) is 2.00. The van der Waals surface area contributed by atoms with E-state index in [1.54, 1.807) is 0 Å². The third-order valence-electron chi connectivity index (χ3n) is 1.98. The van der Waals surface area contributed by atoms with E-state index in [-0.39, 0.29) is 23.1 Å². The number of aromatic nitrogens is 3. The molecule has 0 radical (unpaired) electrons. The van der Waals surface area contributed by atoms with Crippen molar-refractivity contribution in [2.45, 2.75) is 6.92 Å². The van der Waals surface area contributed by atoms with E-state index in [2.05, 4.69) is 15.4 Å². The minimum Gasteiger partial charge on any atom is -0.476 e. The van der Waals surface area contributed by atoms with Crippen molar-refractivity contribution in [1.82, 2.24) is 14.6 Å². The number of anilines is 1. The first-order valence-corrected chi connectivity index (χ1v) is 4.61. The van der Waals surface area contributed by atoms with Crippen LogP contribution in [0, 0.1) is 0 Å². The number of H-pyrrole nitrogens is 1. The lowest BCUT2D eigenvalue weighted by molar-refractivity contribution is -0.114. The molecule has 0 aromatic carbocycles. The molecule has 2 aromatic rings. The standard InChI is InChI=1S/C9H8N4O4/c1-4(14)10-7-3-8(15)11-6-2-5(9(16)17)12-13(6)7/h2-3H,1H3,(H,10,14)(H,11,15)(H,16,17). The molecule has 0 bridgehead atoms. The topological polar surface area (TPSA) is 117 Å². The maximum Gasteiger partial charge on any atom is 0.356 e. The molecule has 0 atom stereocenters. The average Bonchev–Trinajstić information content (AvgIpc) is 2.60. The van der Waals surface area contributed by atoms with Gasteiger partial charge in [-0.15, -0.1) is 0 Å². The Morgan fingerprint density at radius 1 is 1.47 bits per heavy atom. The molecule has 0 spiro atoms. The highest BCUT2D eigenvalue weighted by Crippen LogP contribution is 2.09. The number of nitrogens with one attached hydrogen (secondary N) is 2. The van der Waals surface area contributed by atoms with Crippen LogP contribution >= 0.6 is 0 Å². The number of carbonyl (C=O) groups excluding carboxylic acids is 1. The van der Waals surface area contributed by atoms with E-state index in [1.165, 1.54) is 13.0 Å². The number of hydrogen-bond donors (Lipinski definition) is 3. The molecular formula is C9H8N4O4. The number of rotatable bonds is 2. The molecule has 2 aromatic heterocycles. The number of carboxylic acid groups (broad SMARTS) is 1. The number of aromatic carboxylic acids is 1. The van der Waals surface area contributed by atoms with Gasteiger partial charge in [0.25, 0.3) is 5.56 Å². The van der Waals surface area contributed by atoms with Gasteiger partial charge in [0.1, 0.15) is 11.5 Å². The fourth-order valence-electron chi connectivity index (χ4n) is 1.38. The number of aromatic amines is 1. The van der Waals surface area contributed by atoms with Crippen LogP contribution in [0.3, 0.4) is 0 Å². The first-order chi connectivity index (χ1) is 7.97. The first kappa shape index (κ1) is 10.9. The van der Waals surface area contributed by atoms with Crippen LogP contribution < -0.4 is 10.9 Å². The normalized spacial score (nSPS) is 10.4. The number of hydrogen-bond acceptors (Lipinski definition) is 4. The summed E-state index contributed by atoms with van der Waals surface area (Å²) in [5.41, 5.74) is -0.491. The summed E-state index contributed by atoms with van der Waals surface area (Å²) < 4.78 is 1.15. The van der Waals surface area contributed by atoms with Crippen molar-refractivity contribution in [3.63, 3.8) is 0 Å². The maximum absolute atomic E-state index is 11.3. The first-order valence-electron chi connectivity index (χ1n) is 4.61. The third-order valence-corrected chi connectivity index (χ3v) is 1.98. The van der Waals surface area contributed by atoms with E-state index >= 15 is 0 Å². The lowest BCUT2D eigenvalue weighted by Crippen LogP contribution is -2.16. The Hall–Kier alpha value is -2.64. The Morgan fingerprint density at radius 3 is 2.76 bits per heavy atom. The molecule has 0 aliphatic carbocycles. The van der Waals surface area contributed by atoms with Gasteiger partial charge in [0, 0.05) is 19.1 Å². The van der Waals surface area contributed by atoms with Crippen molar-refractivity contribution >= 4 is 23.3 Å². The fraction of sp³-hybridized carbons (Fsp3) is 0.111. The van der Waals surface area contributed by atoms with Gasteiger partial charge in [-0.3, -0.25) is 9.59 Å². The number of fused-ring (bicyclic) bond motifs is 1. The summed E-state index contributed by atoms with van der Waals surface area (Å²) in [6.45, 7) is 1.27. The second-order valence-corrected chi connectivity index (χ2v) is 3.33. The molecule has 8 nitrogen and oxygen atoms in total. The van der Waals surface area contributed by atoms with E-state index in [0.717, 1.165) is 10.6 Å². The number of nitrogens with zero attached hydrogens (tertiary/aromatic N) is 2. The lowest BCUT2D eigenvalue weighted by atomic mass is 10.4. The van der Waals surface area contributed by atoms with Gasteiger partial charge >= 0.3 is 5.97 Å². The van der Waals surface area contributed by atoms with Crippen LogP contribution in [0.25, 0.3) is 5.65 Å². The molecule has 1 amide bonds. The van der Waals surface area contributed by atoms with E-state index in [9.17, 15) is 14.4 Å². The van der Waals surface area contributed by atoms with E-state index in [0.29, 0.717) is 0 Å². The Kier molecular flexibility index (Phi) is 2.39. The highest BCUT2D eigenvalue weighted by molar-refractivity contribution is 5.89. The summed E-state index contributed by atoms with van der Waals surface area (Å²) in [5, 5.41) is 14.9. The fourth-order valence-corrected chi connectivity index (χ4v) is 1.38. The average molecular weight is 236 g/mol. The smallest absolute Gasteiger partial charge is 0.356 e. The van der Waals surface area contributed by atoms with Gasteiger partial charge in [-0.05, 0) is 0 Å². The van der Waals surface area contributed by atoms with Crippen LogP contribution in [-0.4, -0.2) is 31.6 Å². The maximum atomic E-state index is 11.3. The van der Waals surface area contributed by atoms with E-state index < -0.39 is 11.5 Å². The summed E-state index contributed by atoms with van der Waals surface area (Å²) in [7, 11) is 0. The molecule has 0 saturated carbocycles. The van der Waals surface area contributed by atoms with Crippen molar-refractivity contribution in [3.8, 4) is 0 Å². The largest absolute Gasteiger partial charge is 0.476 e. The lowest BCUT2D eigenvalue weighted by Gasteiger charge is -2.03. The predicted molar refractivity (Wildman–Crippen MR) is 57.1 cm³/mol. The highest BCUT2D eigenvalue weighted by Gasteiger charge is 2.12. The quantitative estimate of drug-likeness (QED) is 0.660. The minimum atomic E-state index is -1.22. The Bertz CT molecular complexity index is 669. The van der Waals surface area contributed by atoms with Crippen molar-refractivity contribution in [1.29, 1.82) is 0 Å². The molecule has 0 unspecified atom stereocenters. The second-order valence-electron chi connectivity index (χ2n) is 3.33. The van der Waals surface area contributed by atoms with Gasteiger partial charge in [0.05, 0.1) is 0 Å². The summed E-state index contributed by atoms with van der Waals surface area (Å²) >= 11 is 0. The minimum absolute atomic E-state index is 0.115. The second kappa shape index (κ2) is 3.74. The van der Waals surface area contributed by atoms with Gasteiger partial charge < -0.3 is 15.4 Å². The van der Waals surface area contributed by atoms with Crippen LogP contribution in [0.5, 0.6) is 0 Å². The monoisotopic (exact) mass is 236 g/mol. The van der Waals surface area contributed by atoms with Crippen LogP contribution in [0.4, 0.5) is 5.82 Å². The molecule has 2 rings (SSSR count). The zero-order valence-corrected chi connectivity index (χ0v) is 8.72. The molecule has 0 aliphatic heterocycles. The van der Waals surface area contributed by atoms with Crippen LogP contribution in [0.15, 0.2) is 16.9 Å². The Labute approximate surface area is 93.9 Å². The van der Waals surface area contributed by atoms with Gasteiger partial charge in [-0.25, -0.2) is 4.79 Å². The molecule has 88 valence electrons. The summed E-state index contributed by atoms with van der Waals surface area (Å²) in [4.78, 5) is 35.3. The van der Waals surface area contributed by atoms with E-state index in [1.807, 2.05) is 0 Å². The van der Waals surface area contributed by atoms with Gasteiger partial charge in [0.15, 0.2) is 5.69 Å². The molecule has 3 N–H and O–H groups in total. The van der Waals surface area contributed by atoms with Gasteiger partial charge in [0.2, 0.25) is 5.91 Å². The summed E-state index contributed by atoms with van der Waals surface area (Å²) in [5.74, 6) is -1.49. The van der Waals surface area contributed by atoms with Crippen molar-refractivity contribution in [2.75, 3.05) is 5.32 Å². The predicted octanol–water partition coefficient (Wildman–Crippen LogP) is -0.321. The summed E-state index contributed by atoms with van der Waals surface area (Å²) in [6, 6.07) is 2.32. The molecule has 0 fully saturated rings. The number of carbonyl (C=O) groups is 2. The molecule has 8 heteroatoms. The number of carboxylic acids is 1. The highest BCUT2D eigenvalue weighted by atomic mass is 16.4. The number of amides is 1. The molecular weight excluding hydrogens is 228 g/mol. The van der Waals surface area contributed by atoms with Crippen LogP contribution in [0.2, 0.25) is 0 Å². The van der Waals surface area contributed by atoms with Crippen molar-refractivity contribution < 1.29 is 14.7 Å². The molecule has 2 heterocycles. The Morgan fingerprint density at radius 2 is 2.18 bits per heavy atom. The molecule has 0 aliphatic rings. The zero-order valence-electron chi connectivity index (χ0n) is 8.72. The zero-order chi connectivity index (χ0) is 12.6. The van der Waals surface area contributed by atoms with Crippen LogP contribution in [0.1, 0.15) is 17.4 Å². The van der Waals surface area contributed by atoms with Gasteiger partial charge in [-0.1, -0.05) is 0 Å². The Balaban J connectivity index is 2.69. The van der Waals surface area contributed by atoms with Crippen molar-refractivity contribution in [2.24, 2.45) is 0 Å². The SMILES string of the molecule is CC(=O)Nc1cc(=O)[nH]c2cc(C(=O)O)nn12. The molecule has 0 saturated heterocycles.